The molecule has 0 aliphatic carbocycles. The topological polar surface area (TPSA) is 21.3 Å². The first-order valence-electron chi connectivity index (χ1n) is 6.94. The van der Waals surface area contributed by atoms with Crippen LogP contribution >= 0.6 is 23.2 Å². The average Bonchev–Trinajstić information content (AvgIpc) is 2.43. The minimum atomic E-state index is 0.527. The smallest absolute Gasteiger partial charge is 0.119 e. The van der Waals surface area contributed by atoms with Crippen molar-refractivity contribution in [2.45, 2.75) is 20.4 Å². The fraction of sp³-hybridized carbons (Fsp3) is 0.294. The lowest BCUT2D eigenvalue weighted by Gasteiger charge is -2.10. The maximum atomic E-state index is 5.97. The molecule has 2 nitrogen and oxygen atoms in total. The summed E-state index contributed by atoms with van der Waals surface area (Å²) in [6.07, 6.45) is 0. The SMILES string of the molecule is CC(C)COc1ccc(CNc2cc(Cl)cc(Cl)c2)cc1. The van der Waals surface area contributed by atoms with Gasteiger partial charge in [0.2, 0.25) is 0 Å². The molecule has 0 spiro atoms. The second kappa shape index (κ2) is 7.58. The lowest BCUT2D eigenvalue weighted by Crippen LogP contribution is -2.04. The lowest BCUT2D eigenvalue weighted by molar-refractivity contribution is 0.271. The van der Waals surface area contributed by atoms with Crippen molar-refractivity contribution in [3.05, 3.63) is 58.1 Å². The van der Waals surface area contributed by atoms with E-state index in [9.17, 15) is 0 Å². The second-order valence-corrected chi connectivity index (χ2v) is 6.23. The maximum absolute atomic E-state index is 5.97. The number of rotatable bonds is 6. The normalized spacial score (nSPS) is 10.7. The van der Waals surface area contributed by atoms with E-state index >= 15 is 0 Å². The highest BCUT2D eigenvalue weighted by atomic mass is 35.5. The summed E-state index contributed by atoms with van der Waals surface area (Å²) in [4.78, 5) is 0. The van der Waals surface area contributed by atoms with Gasteiger partial charge in [0, 0.05) is 22.3 Å². The van der Waals surface area contributed by atoms with Gasteiger partial charge >= 0.3 is 0 Å². The molecule has 1 N–H and O–H groups in total. The first-order chi connectivity index (χ1) is 10.0. The fourth-order valence-electron chi connectivity index (χ4n) is 1.83. The molecule has 21 heavy (non-hydrogen) atoms. The van der Waals surface area contributed by atoms with Crippen molar-refractivity contribution in [2.75, 3.05) is 11.9 Å². The zero-order valence-corrected chi connectivity index (χ0v) is 13.7. The van der Waals surface area contributed by atoms with Crippen molar-refractivity contribution in [3.8, 4) is 5.75 Å². The Labute approximate surface area is 136 Å². The number of benzene rings is 2. The summed E-state index contributed by atoms with van der Waals surface area (Å²) in [5, 5.41) is 4.56. The van der Waals surface area contributed by atoms with Gasteiger partial charge in [0.15, 0.2) is 0 Å². The van der Waals surface area contributed by atoms with E-state index in [1.807, 2.05) is 24.3 Å². The van der Waals surface area contributed by atoms with Gasteiger partial charge in [-0.2, -0.15) is 0 Å². The number of hydrogen-bond donors (Lipinski definition) is 1. The molecule has 0 aliphatic heterocycles. The lowest BCUT2D eigenvalue weighted by atomic mass is 10.2. The molecule has 0 amide bonds. The molecule has 0 saturated heterocycles. The Morgan fingerprint density at radius 1 is 1.00 bits per heavy atom. The van der Waals surface area contributed by atoms with Gasteiger partial charge in [0.1, 0.15) is 5.75 Å². The highest BCUT2D eigenvalue weighted by Crippen LogP contribution is 2.23. The molecule has 0 aromatic heterocycles. The molecule has 2 aromatic rings. The van der Waals surface area contributed by atoms with Crippen LogP contribution in [0, 0.1) is 5.92 Å². The quantitative estimate of drug-likeness (QED) is 0.742. The molecule has 0 atom stereocenters. The van der Waals surface area contributed by atoms with Gasteiger partial charge in [-0.1, -0.05) is 49.2 Å². The molecule has 0 unspecified atom stereocenters. The van der Waals surface area contributed by atoms with Gasteiger partial charge in [-0.3, -0.25) is 0 Å². The van der Waals surface area contributed by atoms with Gasteiger partial charge in [0.25, 0.3) is 0 Å². The Morgan fingerprint density at radius 3 is 2.19 bits per heavy atom. The first-order valence-corrected chi connectivity index (χ1v) is 7.70. The Kier molecular flexibility index (Phi) is 5.77. The van der Waals surface area contributed by atoms with Gasteiger partial charge in [-0.15, -0.1) is 0 Å². The third kappa shape index (κ3) is 5.49. The van der Waals surface area contributed by atoms with Gasteiger partial charge in [0.05, 0.1) is 6.61 Å². The van der Waals surface area contributed by atoms with E-state index in [1.165, 1.54) is 5.56 Å². The molecular formula is C17H19Cl2NO. The summed E-state index contributed by atoms with van der Waals surface area (Å²) in [5.41, 5.74) is 2.08. The van der Waals surface area contributed by atoms with E-state index in [0.29, 0.717) is 22.5 Å². The predicted octanol–water partition coefficient (Wildman–Crippen LogP) is 5.64. The van der Waals surface area contributed by atoms with Crippen LogP contribution in [-0.4, -0.2) is 6.61 Å². The van der Waals surface area contributed by atoms with Crippen LogP contribution in [0.5, 0.6) is 5.75 Å². The number of halogens is 2. The second-order valence-electron chi connectivity index (χ2n) is 5.36. The highest BCUT2D eigenvalue weighted by Gasteiger charge is 2.00. The Morgan fingerprint density at radius 2 is 1.62 bits per heavy atom. The van der Waals surface area contributed by atoms with Crippen molar-refractivity contribution < 1.29 is 4.74 Å². The molecule has 0 bridgehead atoms. The standard InChI is InChI=1S/C17H19Cl2NO/c1-12(2)11-21-17-5-3-13(4-6-17)10-20-16-8-14(18)7-15(19)9-16/h3-9,12,20H,10-11H2,1-2H3. The number of ether oxygens (including phenoxy) is 1. The van der Waals surface area contributed by atoms with E-state index in [2.05, 4.69) is 31.3 Å². The zero-order valence-electron chi connectivity index (χ0n) is 12.2. The average molecular weight is 324 g/mol. The van der Waals surface area contributed by atoms with Crippen molar-refractivity contribution in [3.63, 3.8) is 0 Å². The zero-order chi connectivity index (χ0) is 15.2. The van der Waals surface area contributed by atoms with Crippen molar-refractivity contribution in [2.24, 2.45) is 5.92 Å². The molecule has 0 saturated carbocycles. The third-order valence-corrected chi connectivity index (χ3v) is 3.30. The number of nitrogens with one attached hydrogen (secondary N) is 1. The summed E-state index contributed by atoms with van der Waals surface area (Å²) in [7, 11) is 0. The molecule has 0 radical (unpaired) electrons. The highest BCUT2D eigenvalue weighted by molar-refractivity contribution is 6.35. The number of hydrogen-bond acceptors (Lipinski definition) is 2. The van der Waals surface area contributed by atoms with Crippen LogP contribution < -0.4 is 10.1 Å². The molecule has 0 heterocycles. The molecule has 0 fully saturated rings. The van der Waals surface area contributed by atoms with Crippen LogP contribution in [0.2, 0.25) is 10.0 Å². The van der Waals surface area contributed by atoms with Crippen molar-refractivity contribution >= 4 is 28.9 Å². The fourth-order valence-corrected chi connectivity index (χ4v) is 2.35. The Bertz CT molecular complexity index is 562. The van der Waals surface area contributed by atoms with E-state index in [-0.39, 0.29) is 0 Å². The third-order valence-electron chi connectivity index (χ3n) is 2.87. The molecular weight excluding hydrogens is 305 g/mol. The van der Waals surface area contributed by atoms with Crippen LogP contribution in [0.25, 0.3) is 0 Å². The largest absolute Gasteiger partial charge is 0.493 e. The number of anilines is 1. The van der Waals surface area contributed by atoms with Crippen LogP contribution in [0.1, 0.15) is 19.4 Å². The molecule has 0 aliphatic rings. The van der Waals surface area contributed by atoms with E-state index in [0.717, 1.165) is 18.0 Å². The van der Waals surface area contributed by atoms with Crippen LogP contribution in [-0.2, 0) is 6.54 Å². The van der Waals surface area contributed by atoms with E-state index < -0.39 is 0 Å². The molecule has 4 heteroatoms. The summed E-state index contributed by atoms with van der Waals surface area (Å²) >= 11 is 11.9. The first kappa shape index (κ1) is 16.0. The Balaban J connectivity index is 1.91. The van der Waals surface area contributed by atoms with Gasteiger partial charge in [-0.05, 0) is 41.8 Å². The summed E-state index contributed by atoms with van der Waals surface area (Å²) in [6.45, 7) is 5.71. The van der Waals surface area contributed by atoms with Crippen LogP contribution in [0.15, 0.2) is 42.5 Å². The van der Waals surface area contributed by atoms with E-state index in [1.54, 1.807) is 6.07 Å². The predicted molar refractivity (Wildman–Crippen MR) is 90.6 cm³/mol. The summed E-state index contributed by atoms with van der Waals surface area (Å²) < 4.78 is 5.66. The van der Waals surface area contributed by atoms with Crippen molar-refractivity contribution in [1.29, 1.82) is 0 Å². The Hall–Kier alpha value is -1.38. The minimum Gasteiger partial charge on any atom is -0.493 e. The summed E-state index contributed by atoms with van der Waals surface area (Å²) in [6, 6.07) is 13.5. The van der Waals surface area contributed by atoms with Crippen molar-refractivity contribution in [1.82, 2.24) is 0 Å². The van der Waals surface area contributed by atoms with Crippen LogP contribution in [0.4, 0.5) is 5.69 Å². The summed E-state index contributed by atoms with van der Waals surface area (Å²) in [5.74, 6) is 1.43. The maximum Gasteiger partial charge on any atom is 0.119 e. The molecule has 2 aromatic carbocycles. The molecule has 112 valence electrons. The van der Waals surface area contributed by atoms with Gasteiger partial charge < -0.3 is 10.1 Å². The van der Waals surface area contributed by atoms with Gasteiger partial charge in [-0.25, -0.2) is 0 Å². The van der Waals surface area contributed by atoms with E-state index in [4.69, 9.17) is 27.9 Å². The van der Waals surface area contributed by atoms with Crippen LogP contribution in [0.3, 0.4) is 0 Å². The minimum absolute atomic E-state index is 0.527. The molecule has 2 rings (SSSR count). The monoisotopic (exact) mass is 323 g/mol.